The van der Waals surface area contributed by atoms with E-state index in [1.54, 1.807) is 58.4 Å². The molecular formula is C40H28Br2F2N8. The Hall–Kier alpha value is -5.72. The van der Waals surface area contributed by atoms with E-state index in [0.29, 0.717) is 24.2 Å². The van der Waals surface area contributed by atoms with Gasteiger partial charge >= 0.3 is 0 Å². The van der Waals surface area contributed by atoms with Gasteiger partial charge in [-0.25, -0.2) is 8.78 Å². The lowest BCUT2D eigenvalue weighted by molar-refractivity contribution is 0.587. The van der Waals surface area contributed by atoms with E-state index in [1.165, 1.54) is 12.1 Å². The summed E-state index contributed by atoms with van der Waals surface area (Å²) in [6.45, 7) is 0.627. The van der Waals surface area contributed by atoms with E-state index in [4.69, 9.17) is 0 Å². The molecule has 0 spiro atoms. The number of hydrogen-bond acceptors (Lipinski definition) is 6. The zero-order chi connectivity index (χ0) is 35.9. The number of benzene rings is 2. The summed E-state index contributed by atoms with van der Waals surface area (Å²) >= 11 is 6.78. The average Bonchev–Trinajstić information content (AvgIpc) is 3.80. The Labute approximate surface area is 315 Å². The van der Waals surface area contributed by atoms with Crippen molar-refractivity contribution in [1.29, 1.82) is 0 Å². The van der Waals surface area contributed by atoms with Crippen molar-refractivity contribution < 1.29 is 8.78 Å². The number of nitrogens with zero attached hydrogens (tertiary/aromatic N) is 8. The molecule has 0 bridgehead atoms. The van der Waals surface area contributed by atoms with Gasteiger partial charge in [0.2, 0.25) is 0 Å². The molecule has 0 aliphatic carbocycles. The van der Waals surface area contributed by atoms with Gasteiger partial charge < -0.3 is 0 Å². The van der Waals surface area contributed by atoms with Crippen molar-refractivity contribution in [2.45, 2.75) is 13.1 Å². The number of halogens is 4. The number of hydrogen-bond donors (Lipinski definition) is 0. The van der Waals surface area contributed by atoms with E-state index in [1.807, 2.05) is 84.9 Å². The average molecular weight is 819 g/mol. The lowest BCUT2D eigenvalue weighted by Gasteiger charge is -2.08. The topological polar surface area (TPSA) is 87.2 Å². The normalized spacial score (nSPS) is 10.8. The fourth-order valence-electron chi connectivity index (χ4n) is 5.40. The highest BCUT2D eigenvalue weighted by Gasteiger charge is 2.16. The van der Waals surface area contributed by atoms with Gasteiger partial charge in [0.1, 0.15) is 23.0 Å². The molecule has 0 aliphatic rings. The van der Waals surface area contributed by atoms with Crippen LogP contribution in [0.25, 0.3) is 45.6 Å². The predicted molar refractivity (Wildman–Crippen MR) is 204 cm³/mol. The Morgan fingerprint density at radius 2 is 0.865 bits per heavy atom. The van der Waals surface area contributed by atoms with Gasteiger partial charge in [0, 0.05) is 44.9 Å². The largest absolute Gasteiger partial charge is 0.258 e. The quantitative estimate of drug-likeness (QED) is 0.152. The van der Waals surface area contributed by atoms with Gasteiger partial charge in [-0.3, -0.25) is 29.3 Å². The molecule has 0 saturated heterocycles. The van der Waals surface area contributed by atoms with E-state index >= 15 is 0 Å². The Morgan fingerprint density at radius 1 is 0.442 bits per heavy atom. The van der Waals surface area contributed by atoms with Gasteiger partial charge in [-0.15, -0.1) is 0 Å². The SMILES string of the molecule is Fc1ccccc1Cn1nc(-c2ccc(Br)cn2)cc1-c1ccccn1.Fc1ccccc1Cn1nc(-c2ccccn2)cc1-c1ccc(Br)cn1. The number of rotatable bonds is 8. The molecule has 8 aromatic rings. The van der Waals surface area contributed by atoms with Crippen LogP contribution in [0.2, 0.25) is 0 Å². The summed E-state index contributed by atoms with van der Waals surface area (Å²) in [5.41, 5.74) is 7.26. The Kier molecular flexibility index (Phi) is 10.7. The van der Waals surface area contributed by atoms with Crippen molar-refractivity contribution in [2.24, 2.45) is 0 Å². The second-order valence-electron chi connectivity index (χ2n) is 11.5. The fraction of sp³-hybridized carbons (Fsp3) is 0.0500. The summed E-state index contributed by atoms with van der Waals surface area (Å²) in [7, 11) is 0. The van der Waals surface area contributed by atoms with Crippen LogP contribution in [0.4, 0.5) is 8.78 Å². The first kappa shape index (κ1) is 34.7. The first-order chi connectivity index (χ1) is 25.4. The molecule has 256 valence electrons. The minimum Gasteiger partial charge on any atom is -0.258 e. The molecule has 0 atom stereocenters. The third-order valence-electron chi connectivity index (χ3n) is 7.95. The molecule has 0 N–H and O–H groups in total. The Balaban J connectivity index is 0.000000162. The van der Waals surface area contributed by atoms with Crippen LogP contribution in [0.15, 0.2) is 155 Å². The molecule has 6 heterocycles. The summed E-state index contributed by atoms with van der Waals surface area (Å²) in [5.74, 6) is -0.504. The van der Waals surface area contributed by atoms with Crippen LogP contribution in [0.1, 0.15) is 11.1 Å². The molecule has 0 amide bonds. The first-order valence-corrected chi connectivity index (χ1v) is 17.7. The van der Waals surface area contributed by atoms with Crippen LogP contribution >= 0.6 is 31.9 Å². The second-order valence-corrected chi connectivity index (χ2v) is 13.3. The van der Waals surface area contributed by atoms with Crippen LogP contribution in [0.5, 0.6) is 0 Å². The van der Waals surface area contributed by atoms with Crippen LogP contribution < -0.4 is 0 Å². The third kappa shape index (κ3) is 8.25. The van der Waals surface area contributed by atoms with Crippen molar-refractivity contribution in [3.63, 3.8) is 0 Å². The Bertz CT molecular complexity index is 2400. The van der Waals surface area contributed by atoms with Crippen molar-refractivity contribution >= 4 is 31.9 Å². The van der Waals surface area contributed by atoms with Crippen LogP contribution in [-0.2, 0) is 13.1 Å². The molecule has 0 saturated carbocycles. The van der Waals surface area contributed by atoms with E-state index < -0.39 is 0 Å². The minimum absolute atomic E-state index is 0.252. The van der Waals surface area contributed by atoms with E-state index in [9.17, 15) is 8.78 Å². The molecule has 8 nitrogen and oxygen atoms in total. The molecule has 6 aromatic heterocycles. The van der Waals surface area contributed by atoms with Crippen LogP contribution in [-0.4, -0.2) is 39.5 Å². The molecule has 0 fully saturated rings. The van der Waals surface area contributed by atoms with Crippen LogP contribution in [0.3, 0.4) is 0 Å². The second kappa shape index (κ2) is 16.1. The summed E-state index contributed by atoms with van der Waals surface area (Å²) in [5, 5.41) is 9.31. The lowest BCUT2D eigenvalue weighted by atomic mass is 10.2. The van der Waals surface area contributed by atoms with Gasteiger partial charge in [-0.2, -0.15) is 10.2 Å². The maximum absolute atomic E-state index is 14.1. The maximum atomic E-state index is 14.1. The van der Waals surface area contributed by atoms with Gasteiger partial charge in [0.15, 0.2) is 0 Å². The van der Waals surface area contributed by atoms with E-state index in [0.717, 1.165) is 54.5 Å². The molecule has 0 radical (unpaired) electrons. The monoisotopic (exact) mass is 816 g/mol. The molecule has 2 aromatic carbocycles. The molecule has 8 rings (SSSR count). The van der Waals surface area contributed by atoms with Crippen molar-refractivity contribution in [1.82, 2.24) is 39.5 Å². The molecular weight excluding hydrogens is 790 g/mol. The van der Waals surface area contributed by atoms with Crippen molar-refractivity contribution in [2.75, 3.05) is 0 Å². The van der Waals surface area contributed by atoms with Gasteiger partial charge in [-0.1, -0.05) is 48.5 Å². The lowest BCUT2D eigenvalue weighted by Crippen LogP contribution is -2.06. The number of aromatic nitrogens is 8. The molecule has 0 unspecified atom stereocenters. The van der Waals surface area contributed by atoms with Crippen molar-refractivity contribution in [3.05, 3.63) is 178 Å². The summed E-state index contributed by atoms with van der Waals surface area (Å²) in [6, 6.07) is 36.3. The smallest absolute Gasteiger partial charge is 0.128 e. The first-order valence-electron chi connectivity index (χ1n) is 16.1. The van der Waals surface area contributed by atoms with Gasteiger partial charge in [0.25, 0.3) is 0 Å². The standard InChI is InChI=1S/2C20H14BrFN4/c21-15-8-9-17(24-12-15)19-11-20(18-7-3-4-10-23-18)26(25-19)13-14-5-1-2-6-16(14)22;21-15-8-9-18(24-12-15)20-11-19(17-7-3-4-10-23-17)25-26(20)13-14-5-1-2-6-16(14)22/h2*1-12H,13H2. The highest BCUT2D eigenvalue weighted by Crippen LogP contribution is 2.27. The maximum Gasteiger partial charge on any atom is 0.128 e. The molecule has 12 heteroatoms. The van der Waals surface area contributed by atoms with Gasteiger partial charge in [-0.05, 0) is 105 Å². The third-order valence-corrected chi connectivity index (χ3v) is 8.89. The zero-order valence-corrected chi connectivity index (χ0v) is 30.5. The minimum atomic E-state index is -0.253. The summed E-state index contributed by atoms with van der Waals surface area (Å²) in [4.78, 5) is 17.6. The van der Waals surface area contributed by atoms with Gasteiger partial charge in [0.05, 0.1) is 47.3 Å². The number of pyridine rings is 4. The fourth-order valence-corrected chi connectivity index (χ4v) is 5.87. The van der Waals surface area contributed by atoms with Crippen molar-refractivity contribution in [3.8, 4) is 45.6 Å². The van der Waals surface area contributed by atoms with Crippen LogP contribution in [0, 0.1) is 11.6 Å². The zero-order valence-electron chi connectivity index (χ0n) is 27.4. The predicted octanol–water partition coefficient (Wildman–Crippen LogP) is 9.91. The summed E-state index contributed by atoms with van der Waals surface area (Å²) in [6.07, 6.45) is 6.91. The van der Waals surface area contributed by atoms with E-state index in [2.05, 4.69) is 62.0 Å². The summed E-state index contributed by atoms with van der Waals surface area (Å²) < 4.78 is 33.5. The molecule has 52 heavy (non-hydrogen) atoms. The molecule has 0 aliphatic heterocycles. The Morgan fingerprint density at radius 3 is 1.31 bits per heavy atom. The van der Waals surface area contributed by atoms with E-state index in [-0.39, 0.29) is 11.6 Å². The highest BCUT2D eigenvalue weighted by molar-refractivity contribution is 9.10. The highest BCUT2D eigenvalue weighted by atomic mass is 79.9.